The van der Waals surface area contributed by atoms with Crippen molar-refractivity contribution in [1.82, 2.24) is 19.4 Å². The Hall–Kier alpha value is -3.10. The largest absolute Gasteiger partial charge is 0.465 e. The van der Waals surface area contributed by atoms with Crippen LogP contribution in [0.5, 0.6) is 0 Å². The van der Waals surface area contributed by atoms with Crippen LogP contribution in [-0.2, 0) is 23.1 Å². The maximum atomic E-state index is 12.8. The van der Waals surface area contributed by atoms with Crippen LogP contribution >= 0.6 is 0 Å². The highest BCUT2D eigenvalue weighted by Gasteiger charge is 2.31. The van der Waals surface area contributed by atoms with Gasteiger partial charge >= 0.3 is 11.8 Å². The van der Waals surface area contributed by atoms with E-state index in [2.05, 4.69) is 5.32 Å². The maximum absolute atomic E-state index is 12.8. The number of rotatable bonds is 3. The number of likely N-dealkylation sites (tertiary alicyclic amines) is 1. The lowest BCUT2D eigenvalue weighted by atomic mass is 9.90. The Morgan fingerprint density at radius 3 is 2.52 bits per heavy atom. The summed E-state index contributed by atoms with van der Waals surface area (Å²) >= 11 is 0. The summed E-state index contributed by atoms with van der Waals surface area (Å²) in [7, 11) is 1.68. The Labute approximate surface area is 166 Å². The molecule has 1 aromatic heterocycles. The first-order valence-electron chi connectivity index (χ1n) is 9.86. The van der Waals surface area contributed by atoms with Gasteiger partial charge in [0.2, 0.25) is 11.8 Å². The highest BCUT2D eigenvalue weighted by Crippen LogP contribution is 2.26. The average molecular weight is 400 g/mol. The van der Waals surface area contributed by atoms with Gasteiger partial charge in [0.1, 0.15) is 6.04 Å². The third-order valence-corrected chi connectivity index (χ3v) is 6.08. The lowest BCUT2D eigenvalue weighted by molar-refractivity contribution is -0.135. The highest BCUT2D eigenvalue weighted by molar-refractivity contribution is 6.00. The molecule has 4 rings (SSSR count). The number of carboxylic acid groups (broad SMARTS) is 1. The molecule has 1 atom stereocenters. The molecule has 0 radical (unpaired) electrons. The van der Waals surface area contributed by atoms with E-state index < -0.39 is 18.0 Å². The van der Waals surface area contributed by atoms with Crippen LogP contribution in [0.3, 0.4) is 0 Å². The molecule has 2 aliphatic heterocycles. The number of nitrogens with one attached hydrogen (secondary N) is 1. The van der Waals surface area contributed by atoms with Gasteiger partial charge < -0.3 is 10.0 Å². The molecular weight excluding hydrogens is 376 g/mol. The summed E-state index contributed by atoms with van der Waals surface area (Å²) < 4.78 is 3.02. The molecule has 2 fully saturated rings. The molecule has 2 aliphatic rings. The van der Waals surface area contributed by atoms with Crippen molar-refractivity contribution in [1.29, 1.82) is 0 Å². The van der Waals surface area contributed by atoms with Gasteiger partial charge in [-0.1, -0.05) is 6.07 Å². The number of imide groups is 1. The quantitative estimate of drug-likeness (QED) is 0.753. The van der Waals surface area contributed by atoms with E-state index in [9.17, 15) is 19.2 Å². The number of nitrogens with zero attached hydrogens (tertiary/aromatic N) is 3. The second-order valence-corrected chi connectivity index (χ2v) is 7.92. The van der Waals surface area contributed by atoms with Crippen molar-refractivity contribution >= 4 is 28.9 Å². The molecule has 9 nitrogen and oxygen atoms in total. The predicted octanol–water partition coefficient (Wildman–Crippen LogP) is 1.25. The van der Waals surface area contributed by atoms with Gasteiger partial charge in [-0.15, -0.1) is 0 Å². The van der Waals surface area contributed by atoms with Crippen LogP contribution in [-0.4, -0.2) is 50.1 Å². The number of aromatic nitrogens is 2. The van der Waals surface area contributed by atoms with E-state index in [-0.39, 0.29) is 18.0 Å². The molecule has 1 aromatic carbocycles. The molecular formula is C20H24N4O5. The molecule has 2 aromatic rings. The Kier molecular flexibility index (Phi) is 4.89. The van der Waals surface area contributed by atoms with Gasteiger partial charge in [-0.05, 0) is 49.3 Å². The van der Waals surface area contributed by atoms with Gasteiger partial charge in [0, 0.05) is 26.6 Å². The molecule has 0 spiro atoms. The van der Waals surface area contributed by atoms with Gasteiger partial charge in [-0.3, -0.25) is 24.0 Å². The van der Waals surface area contributed by atoms with Crippen molar-refractivity contribution in [3.05, 3.63) is 34.2 Å². The fourth-order valence-electron chi connectivity index (χ4n) is 4.43. The zero-order valence-electron chi connectivity index (χ0n) is 16.3. The zero-order valence-corrected chi connectivity index (χ0v) is 16.3. The summed E-state index contributed by atoms with van der Waals surface area (Å²) in [5.41, 5.74) is 2.24. The molecule has 2 saturated heterocycles. The highest BCUT2D eigenvalue weighted by atomic mass is 16.4. The molecule has 29 heavy (non-hydrogen) atoms. The Morgan fingerprint density at radius 2 is 1.86 bits per heavy atom. The first-order valence-corrected chi connectivity index (χ1v) is 9.86. The first-order chi connectivity index (χ1) is 13.8. The molecule has 0 aliphatic carbocycles. The number of amides is 3. The smallest absolute Gasteiger partial charge is 0.407 e. The van der Waals surface area contributed by atoms with E-state index >= 15 is 0 Å². The van der Waals surface area contributed by atoms with Gasteiger partial charge in [0.05, 0.1) is 11.0 Å². The Balaban J connectivity index is 1.58. The fourth-order valence-corrected chi connectivity index (χ4v) is 4.43. The number of fused-ring (bicyclic) bond motifs is 1. The number of hydrogen-bond acceptors (Lipinski definition) is 4. The van der Waals surface area contributed by atoms with Crippen molar-refractivity contribution in [2.24, 2.45) is 13.0 Å². The predicted molar refractivity (Wildman–Crippen MR) is 105 cm³/mol. The zero-order chi connectivity index (χ0) is 20.7. The number of hydrogen-bond donors (Lipinski definition) is 2. The van der Waals surface area contributed by atoms with Crippen LogP contribution < -0.4 is 11.0 Å². The summed E-state index contributed by atoms with van der Waals surface area (Å²) in [4.78, 5) is 49.0. The van der Waals surface area contributed by atoms with Crippen LogP contribution in [0.25, 0.3) is 11.0 Å². The fraction of sp³-hybridized carbons (Fsp3) is 0.500. The molecule has 9 heteroatoms. The number of carbonyl (C=O) groups excluding carboxylic acids is 2. The molecule has 0 saturated carbocycles. The molecule has 3 heterocycles. The minimum atomic E-state index is -0.866. The van der Waals surface area contributed by atoms with Crippen LogP contribution in [0, 0.1) is 5.92 Å². The minimum Gasteiger partial charge on any atom is -0.465 e. The standard InChI is InChI=1S/C20H24N4O5/c1-22-16-11-13(10-12-6-8-23(9-7-12)20(28)29)2-3-14(16)24(19(22)27)15-4-5-17(25)21-18(15)26/h2-3,11-12,15H,4-10H2,1H3,(H,28,29)(H,21,25,26). The Morgan fingerprint density at radius 1 is 1.14 bits per heavy atom. The van der Waals surface area contributed by atoms with E-state index in [1.807, 2.05) is 18.2 Å². The monoisotopic (exact) mass is 400 g/mol. The van der Waals surface area contributed by atoms with Gasteiger partial charge in [-0.25, -0.2) is 9.59 Å². The van der Waals surface area contributed by atoms with E-state index in [0.29, 0.717) is 30.9 Å². The van der Waals surface area contributed by atoms with Gasteiger partial charge in [-0.2, -0.15) is 0 Å². The maximum Gasteiger partial charge on any atom is 0.407 e. The lowest BCUT2D eigenvalue weighted by Crippen LogP contribution is -2.44. The number of imidazole rings is 1. The second-order valence-electron chi connectivity index (χ2n) is 7.92. The van der Waals surface area contributed by atoms with Crippen LogP contribution in [0.4, 0.5) is 4.79 Å². The summed E-state index contributed by atoms with van der Waals surface area (Å²) in [5, 5.41) is 11.4. The van der Waals surface area contributed by atoms with E-state index in [4.69, 9.17) is 5.11 Å². The van der Waals surface area contributed by atoms with Crippen LogP contribution in [0.15, 0.2) is 23.0 Å². The molecule has 154 valence electrons. The first kappa shape index (κ1) is 19.2. The van der Waals surface area contributed by atoms with Crippen molar-refractivity contribution in [2.45, 2.75) is 38.1 Å². The minimum absolute atomic E-state index is 0.215. The third-order valence-electron chi connectivity index (χ3n) is 6.08. The summed E-state index contributed by atoms with van der Waals surface area (Å²) in [6.07, 6.45) is 2.12. The summed E-state index contributed by atoms with van der Waals surface area (Å²) in [6.45, 7) is 1.10. The van der Waals surface area contributed by atoms with E-state index in [1.54, 1.807) is 7.05 Å². The second kappa shape index (κ2) is 7.38. The third kappa shape index (κ3) is 3.52. The summed E-state index contributed by atoms with van der Waals surface area (Å²) in [6, 6.07) is 5.12. The lowest BCUT2D eigenvalue weighted by Gasteiger charge is -2.30. The number of aryl methyl sites for hydroxylation is 1. The van der Waals surface area contributed by atoms with Crippen LogP contribution in [0.2, 0.25) is 0 Å². The van der Waals surface area contributed by atoms with Crippen LogP contribution in [0.1, 0.15) is 37.3 Å². The van der Waals surface area contributed by atoms with Crippen molar-refractivity contribution < 1.29 is 19.5 Å². The number of piperidine rings is 2. The number of carbonyl (C=O) groups is 3. The molecule has 0 bridgehead atoms. The average Bonchev–Trinajstić information content (AvgIpc) is 2.93. The Bertz CT molecular complexity index is 1050. The molecule has 3 amide bonds. The van der Waals surface area contributed by atoms with Gasteiger partial charge in [0.25, 0.3) is 0 Å². The van der Waals surface area contributed by atoms with E-state index in [1.165, 1.54) is 14.0 Å². The van der Waals surface area contributed by atoms with Crippen molar-refractivity contribution in [2.75, 3.05) is 13.1 Å². The number of benzene rings is 1. The van der Waals surface area contributed by atoms with Gasteiger partial charge in [0.15, 0.2) is 0 Å². The normalized spacial score (nSPS) is 20.9. The molecule has 1 unspecified atom stereocenters. The van der Waals surface area contributed by atoms with Crippen molar-refractivity contribution in [3.8, 4) is 0 Å². The van der Waals surface area contributed by atoms with Crippen molar-refractivity contribution in [3.63, 3.8) is 0 Å². The summed E-state index contributed by atoms with van der Waals surface area (Å²) in [5.74, 6) is -0.349. The SMILES string of the molecule is Cn1c(=O)n(C2CCC(=O)NC2=O)c2ccc(CC3CCN(C(=O)O)CC3)cc21. The van der Waals surface area contributed by atoms with E-state index in [0.717, 1.165) is 30.3 Å². The molecule has 2 N–H and O–H groups in total. The topological polar surface area (TPSA) is 114 Å².